The van der Waals surface area contributed by atoms with E-state index in [1.54, 1.807) is 17.5 Å². The lowest BCUT2D eigenvalue weighted by molar-refractivity contribution is -0.121. The van der Waals surface area contributed by atoms with Crippen LogP contribution in [0, 0.1) is 0 Å². The molecule has 11 heteroatoms. The molecule has 0 spiro atoms. The number of furan rings is 1. The SMILES string of the molecule is COCCN(CC(=O)Nc1nc(CC(=O)NC2CCN(Cc3ccccc3)CC2)cs1)C(=O)c1ccco1. The molecule has 0 aliphatic carbocycles. The van der Waals surface area contributed by atoms with Crippen molar-refractivity contribution < 1.29 is 23.5 Å². The van der Waals surface area contributed by atoms with Gasteiger partial charge in [0.25, 0.3) is 5.91 Å². The van der Waals surface area contributed by atoms with Crippen molar-refractivity contribution in [3.8, 4) is 0 Å². The Kier molecular flexibility index (Phi) is 10.0. The van der Waals surface area contributed by atoms with Crippen molar-refractivity contribution in [1.29, 1.82) is 0 Å². The number of carbonyl (C=O) groups is 3. The first-order chi connectivity index (χ1) is 18.5. The molecule has 1 fully saturated rings. The van der Waals surface area contributed by atoms with E-state index >= 15 is 0 Å². The zero-order valence-corrected chi connectivity index (χ0v) is 22.2. The van der Waals surface area contributed by atoms with Gasteiger partial charge >= 0.3 is 0 Å². The van der Waals surface area contributed by atoms with Gasteiger partial charge in [0.1, 0.15) is 6.54 Å². The zero-order chi connectivity index (χ0) is 26.7. The Labute approximate surface area is 226 Å². The van der Waals surface area contributed by atoms with Crippen LogP contribution in [0.4, 0.5) is 5.13 Å². The van der Waals surface area contributed by atoms with Gasteiger partial charge in [0, 0.05) is 44.7 Å². The summed E-state index contributed by atoms with van der Waals surface area (Å²) in [6.07, 6.45) is 3.37. The fourth-order valence-electron chi connectivity index (χ4n) is 4.31. The molecule has 4 rings (SSSR count). The van der Waals surface area contributed by atoms with E-state index in [-0.39, 0.29) is 43.8 Å². The fourth-order valence-corrected chi connectivity index (χ4v) is 5.03. The summed E-state index contributed by atoms with van der Waals surface area (Å²) >= 11 is 1.24. The van der Waals surface area contributed by atoms with Gasteiger partial charge in [0.15, 0.2) is 10.9 Å². The average molecular weight is 540 g/mol. The van der Waals surface area contributed by atoms with Crippen LogP contribution in [0.1, 0.15) is 34.7 Å². The number of rotatable bonds is 12. The number of nitrogens with zero attached hydrogens (tertiary/aromatic N) is 3. The lowest BCUT2D eigenvalue weighted by Crippen LogP contribution is -2.44. The fraction of sp³-hybridized carbons (Fsp3) is 0.407. The molecule has 10 nitrogen and oxygen atoms in total. The van der Waals surface area contributed by atoms with Crippen LogP contribution in [-0.4, -0.2) is 78.4 Å². The highest BCUT2D eigenvalue weighted by molar-refractivity contribution is 7.13. The van der Waals surface area contributed by atoms with Crippen LogP contribution in [0.3, 0.4) is 0 Å². The summed E-state index contributed by atoms with van der Waals surface area (Å²) in [5.41, 5.74) is 1.89. The Hall–Kier alpha value is -3.54. The standard InChI is InChI=1S/C27H33N5O5S/c1-36-15-13-32(26(35)23-8-5-14-37-23)18-25(34)30-27-29-22(19-38-27)16-24(33)28-21-9-11-31(12-10-21)17-20-6-3-2-4-7-20/h2-8,14,19,21H,9-13,15-18H2,1H3,(H,28,33)(H,29,30,34). The third-order valence-electron chi connectivity index (χ3n) is 6.26. The second kappa shape index (κ2) is 13.8. The number of hydrogen-bond acceptors (Lipinski definition) is 8. The number of piperidine rings is 1. The summed E-state index contributed by atoms with van der Waals surface area (Å²) in [5, 5.41) is 7.97. The molecule has 2 aromatic heterocycles. The van der Waals surface area contributed by atoms with Crippen LogP contribution in [0.5, 0.6) is 0 Å². The minimum absolute atomic E-state index is 0.0792. The third-order valence-corrected chi connectivity index (χ3v) is 7.07. The molecule has 3 aromatic rings. The Bertz CT molecular complexity index is 1180. The number of nitrogens with one attached hydrogen (secondary N) is 2. The van der Waals surface area contributed by atoms with E-state index in [0.29, 0.717) is 10.8 Å². The molecule has 1 aromatic carbocycles. The molecule has 0 unspecified atom stereocenters. The molecule has 1 aliphatic heterocycles. The topological polar surface area (TPSA) is 117 Å². The summed E-state index contributed by atoms with van der Waals surface area (Å²) in [6, 6.07) is 13.7. The van der Waals surface area contributed by atoms with Crippen LogP contribution in [-0.2, 0) is 27.3 Å². The number of thiazole rings is 1. The second-order valence-electron chi connectivity index (χ2n) is 9.17. The van der Waals surface area contributed by atoms with E-state index in [2.05, 4.69) is 44.8 Å². The summed E-state index contributed by atoms with van der Waals surface area (Å²) in [6.45, 7) is 3.14. The lowest BCUT2D eigenvalue weighted by atomic mass is 10.0. The van der Waals surface area contributed by atoms with Gasteiger partial charge in [-0.15, -0.1) is 11.3 Å². The predicted molar refractivity (Wildman–Crippen MR) is 144 cm³/mol. The molecule has 38 heavy (non-hydrogen) atoms. The van der Waals surface area contributed by atoms with Crippen molar-refractivity contribution in [2.45, 2.75) is 31.8 Å². The summed E-state index contributed by atoms with van der Waals surface area (Å²) < 4.78 is 10.2. The van der Waals surface area contributed by atoms with Gasteiger partial charge in [-0.3, -0.25) is 19.3 Å². The van der Waals surface area contributed by atoms with Crippen LogP contribution in [0.25, 0.3) is 0 Å². The van der Waals surface area contributed by atoms with Crippen molar-refractivity contribution in [1.82, 2.24) is 20.1 Å². The molecule has 0 radical (unpaired) electrons. The van der Waals surface area contributed by atoms with Crippen molar-refractivity contribution in [2.24, 2.45) is 0 Å². The van der Waals surface area contributed by atoms with E-state index in [0.717, 1.165) is 32.5 Å². The van der Waals surface area contributed by atoms with Crippen LogP contribution in [0.2, 0.25) is 0 Å². The number of amides is 3. The normalized spacial score (nSPS) is 14.2. The van der Waals surface area contributed by atoms with Crippen molar-refractivity contribution in [3.05, 3.63) is 71.1 Å². The molecule has 3 amide bonds. The highest BCUT2D eigenvalue weighted by Crippen LogP contribution is 2.17. The minimum atomic E-state index is -0.399. The van der Waals surface area contributed by atoms with Gasteiger partial charge in [0.2, 0.25) is 11.8 Å². The predicted octanol–water partition coefficient (Wildman–Crippen LogP) is 2.79. The monoisotopic (exact) mass is 539 g/mol. The smallest absolute Gasteiger partial charge is 0.290 e. The van der Waals surface area contributed by atoms with E-state index in [1.165, 1.54) is 35.2 Å². The third kappa shape index (κ3) is 8.23. The molecule has 2 N–H and O–H groups in total. The molecular weight excluding hydrogens is 506 g/mol. The van der Waals surface area contributed by atoms with Gasteiger partial charge in [-0.1, -0.05) is 30.3 Å². The van der Waals surface area contributed by atoms with E-state index in [4.69, 9.17) is 9.15 Å². The molecule has 202 valence electrons. The van der Waals surface area contributed by atoms with Crippen LogP contribution < -0.4 is 10.6 Å². The van der Waals surface area contributed by atoms with Crippen molar-refractivity contribution >= 4 is 34.2 Å². The number of hydrogen-bond donors (Lipinski definition) is 2. The second-order valence-corrected chi connectivity index (χ2v) is 10.0. The van der Waals surface area contributed by atoms with Crippen molar-refractivity contribution in [3.63, 3.8) is 0 Å². The van der Waals surface area contributed by atoms with Gasteiger partial charge in [-0.25, -0.2) is 4.98 Å². The van der Waals surface area contributed by atoms with Gasteiger partial charge in [-0.05, 0) is 30.5 Å². The first-order valence-corrected chi connectivity index (χ1v) is 13.5. The molecule has 0 bridgehead atoms. The Morgan fingerprint density at radius 1 is 1.13 bits per heavy atom. The number of ether oxygens (including phenoxy) is 1. The number of likely N-dealkylation sites (tertiary alicyclic amines) is 1. The van der Waals surface area contributed by atoms with Gasteiger partial charge in [-0.2, -0.15) is 0 Å². The number of benzene rings is 1. The zero-order valence-electron chi connectivity index (χ0n) is 21.4. The molecule has 0 saturated carbocycles. The van der Waals surface area contributed by atoms with Gasteiger partial charge in [0.05, 0.1) is 25.0 Å². The Morgan fingerprint density at radius 2 is 1.92 bits per heavy atom. The molecule has 1 aliphatic rings. The summed E-state index contributed by atoms with van der Waals surface area (Å²) in [7, 11) is 1.53. The molecule has 1 saturated heterocycles. The minimum Gasteiger partial charge on any atom is -0.459 e. The van der Waals surface area contributed by atoms with E-state index < -0.39 is 11.8 Å². The van der Waals surface area contributed by atoms with Crippen LogP contribution >= 0.6 is 11.3 Å². The quantitative estimate of drug-likeness (QED) is 0.364. The maximum absolute atomic E-state index is 12.6. The van der Waals surface area contributed by atoms with Gasteiger partial charge < -0.3 is 24.7 Å². The van der Waals surface area contributed by atoms with Crippen molar-refractivity contribution in [2.75, 3.05) is 45.2 Å². The first kappa shape index (κ1) is 27.5. The first-order valence-electron chi connectivity index (χ1n) is 12.6. The lowest BCUT2D eigenvalue weighted by Gasteiger charge is -2.32. The maximum Gasteiger partial charge on any atom is 0.290 e. The van der Waals surface area contributed by atoms with E-state index in [9.17, 15) is 14.4 Å². The number of aromatic nitrogens is 1. The highest BCUT2D eigenvalue weighted by Gasteiger charge is 2.23. The largest absolute Gasteiger partial charge is 0.459 e. The Morgan fingerprint density at radius 3 is 2.63 bits per heavy atom. The van der Waals surface area contributed by atoms with E-state index in [1.807, 2.05) is 6.07 Å². The molecular formula is C27H33N5O5S. The molecule has 0 atom stereocenters. The average Bonchev–Trinajstić information content (AvgIpc) is 3.60. The highest BCUT2D eigenvalue weighted by atomic mass is 32.1. The Balaban J connectivity index is 1.20. The number of methoxy groups -OCH3 is 1. The maximum atomic E-state index is 12.6. The number of carbonyl (C=O) groups excluding carboxylic acids is 3. The number of anilines is 1. The summed E-state index contributed by atoms with van der Waals surface area (Å²) in [5.74, 6) is -0.721. The molecule has 3 heterocycles. The summed E-state index contributed by atoms with van der Waals surface area (Å²) in [4.78, 5) is 46.0. The van der Waals surface area contributed by atoms with Crippen LogP contribution in [0.15, 0.2) is 58.5 Å².